The minimum atomic E-state index is -0.349. The number of nitrogens with two attached hydrogens (primary N) is 1. The lowest BCUT2D eigenvalue weighted by Gasteiger charge is -2.12. The summed E-state index contributed by atoms with van der Waals surface area (Å²) in [6, 6.07) is 7.62. The Bertz CT molecular complexity index is 316. The summed E-state index contributed by atoms with van der Waals surface area (Å²) < 4.78 is 0. The van der Waals surface area contributed by atoms with Gasteiger partial charge >= 0.3 is 0 Å². The topological polar surface area (TPSA) is 43.1 Å². The summed E-state index contributed by atoms with van der Waals surface area (Å²) in [7, 11) is 0. The van der Waals surface area contributed by atoms with Gasteiger partial charge in [0.2, 0.25) is 5.91 Å². The van der Waals surface area contributed by atoms with Crippen molar-refractivity contribution in [2.24, 2.45) is 5.73 Å². The second kappa shape index (κ2) is 4.80. The maximum absolute atomic E-state index is 11.0. The van der Waals surface area contributed by atoms with Gasteiger partial charge < -0.3 is 5.73 Å². The van der Waals surface area contributed by atoms with Gasteiger partial charge in [0.05, 0.1) is 0 Å². The minimum Gasteiger partial charge on any atom is -0.366 e. The van der Waals surface area contributed by atoms with Crippen molar-refractivity contribution in [3.05, 3.63) is 35.4 Å². The van der Waals surface area contributed by atoms with E-state index < -0.39 is 0 Å². The lowest BCUT2D eigenvalue weighted by Crippen LogP contribution is -2.11. The molecule has 0 radical (unpaired) electrons. The van der Waals surface area contributed by atoms with E-state index in [0.717, 1.165) is 12.8 Å². The van der Waals surface area contributed by atoms with Crippen LogP contribution in [0, 0.1) is 0 Å². The van der Waals surface area contributed by atoms with Gasteiger partial charge in [-0.15, -0.1) is 0 Å². The van der Waals surface area contributed by atoms with Gasteiger partial charge in [-0.1, -0.05) is 26.0 Å². The molecule has 2 heteroatoms. The molecule has 2 N–H and O–H groups in total. The van der Waals surface area contributed by atoms with Gasteiger partial charge in [-0.05, 0) is 36.5 Å². The van der Waals surface area contributed by atoms with Crippen molar-refractivity contribution in [3.8, 4) is 0 Å². The molecule has 1 rings (SSSR count). The average Bonchev–Trinajstić information content (AvgIpc) is 2.20. The van der Waals surface area contributed by atoms with Gasteiger partial charge in [-0.25, -0.2) is 0 Å². The second-order valence-corrected chi connectivity index (χ2v) is 3.50. The molecule has 76 valence electrons. The van der Waals surface area contributed by atoms with Crippen molar-refractivity contribution in [2.45, 2.75) is 32.6 Å². The largest absolute Gasteiger partial charge is 0.366 e. The molecule has 0 unspecified atom stereocenters. The van der Waals surface area contributed by atoms with Crippen molar-refractivity contribution in [2.75, 3.05) is 0 Å². The summed E-state index contributed by atoms with van der Waals surface area (Å²) in [6.45, 7) is 4.32. The molecule has 1 amide bonds. The van der Waals surface area contributed by atoms with Crippen LogP contribution in [0.2, 0.25) is 0 Å². The number of carbonyl (C=O) groups is 1. The van der Waals surface area contributed by atoms with E-state index in [9.17, 15) is 4.79 Å². The Hall–Kier alpha value is -1.31. The van der Waals surface area contributed by atoms with Gasteiger partial charge in [0.15, 0.2) is 0 Å². The number of primary amides is 1. The highest BCUT2D eigenvalue weighted by atomic mass is 16.1. The zero-order chi connectivity index (χ0) is 10.6. The molecule has 0 aliphatic rings. The molecule has 0 aromatic heterocycles. The van der Waals surface area contributed by atoms with E-state index >= 15 is 0 Å². The number of hydrogen-bond donors (Lipinski definition) is 1. The number of benzene rings is 1. The molecule has 0 atom stereocenters. The van der Waals surface area contributed by atoms with E-state index in [1.54, 1.807) is 6.07 Å². The quantitative estimate of drug-likeness (QED) is 0.781. The van der Waals surface area contributed by atoms with Crippen molar-refractivity contribution >= 4 is 5.91 Å². The molecule has 0 saturated heterocycles. The monoisotopic (exact) mass is 191 g/mol. The zero-order valence-corrected chi connectivity index (χ0v) is 8.79. The Kier molecular flexibility index (Phi) is 3.69. The Balaban J connectivity index is 2.98. The van der Waals surface area contributed by atoms with E-state index in [2.05, 4.69) is 19.9 Å². The van der Waals surface area contributed by atoms with E-state index in [4.69, 9.17) is 5.73 Å². The van der Waals surface area contributed by atoms with Crippen molar-refractivity contribution in [1.82, 2.24) is 0 Å². The molecule has 1 aromatic carbocycles. The smallest absolute Gasteiger partial charge is 0.248 e. The van der Waals surface area contributed by atoms with Crippen molar-refractivity contribution in [1.29, 1.82) is 0 Å². The molecule has 1 aromatic rings. The summed E-state index contributed by atoms with van der Waals surface area (Å²) in [5.41, 5.74) is 7.05. The second-order valence-electron chi connectivity index (χ2n) is 3.50. The minimum absolute atomic E-state index is 0.349. The van der Waals surface area contributed by atoms with Crippen LogP contribution < -0.4 is 5.73 Å². The summed E-state index contributed by atoms with van der Waals surface area (Å²) in [5.74, 6) is 0.187. The van der Waals surface area contributed by atoms with E-state index in [0.29, 0.717) is 11.5 Å². The standard InChI is InChI=1S/C12H17NO/c1-3-9(4-2)10-6-5-7-11(8-10)12(13)14/h5-9H,3-4H2,1-2H3,(H2,13,14). The molecular formula is C12H17NO. The first-order valence-corrected chi connectivity index (χ1v) is 5.08. The maximum Gasteiger partial charge on any atom is 0.248 e. The summed E-state index contributed by atoms with van der Waals surface area (Å²) >= 11 is 0. The first kappa shape index (κ1) is 10.8. The highest BCUT2D eigenvalue weighted by molar-refractivity contribution is 5.92. The molecule has 0 heterocycles. The van der Waals surface area contributed by atoms with Crippen LogP contribution in [0.15, 0.2) is 24.3 Å². The highest BCUT2D eigenvalue weighted by Gasteiger charge is 2.08. The molecule has 0 saturated carbocycles. The zero-order valence-electron chi connectivity index (χ0n) is 8.79. The third-order valence-corrected chi connectivity index (χ3v) is 2.63. The fourth-order valence-electron chi connectivity index (χ4n) is 1.71. The van der Waals surface area contributed by atoms with E-state index in [-0.39, 0.29) is 5.91 Å². The SMILES string of the molecule is CCC(CC)c1cccc(C(N)=O)c1. The number of carbonyl (C=O) groups excluding carboxylic acids is 1. The van der Waals surface area contributed by atoms with Crippen LogP contribution in [-0.2, 0) is 0 Å². The Labute approximate surface area is 85.1 Å². The van der Waals surface area contributed by atoms with Gasteiger partial charge in [0, 0.05) is 5.56 Å². The Morgan fingerprint density at radius 3 is 2.50 bits per heavy atom. The normalized spacial score (nSPS) is 10.5. The van der Waals surface area contributed by atoms with Gasteiger partial charge in [-0.3, -0.25) is 4.79 Å². The molecular weight excluding hydrogens is 174 g/mol. The third kappa shape index (κ3) is 2.34. The van der Waals surface area contributed by atoms with Crippen LogP contribution in [-0.4, -0.2) is 5.91 Å². The van der Waals surface area contributed by atoms with Gasteiger partial charge in [0.25, 0.3) is 0 Å². The molecule has 0 aliphatic carbocycles. The molecule has 0 aliphatic heterocycles. The highest BCUT2D eigenvalue weighted by Crippen LogP contribution is 2.23. The van der Waals surface area contributed by atoms with Crippen molar-refractivity contribution in [3.63, 3.8) is 0 Å². The lowest BCUT2D eigenvalue weighted by molar-refractivity contribution is 0.1000. The Morgan fingerprint density at radius 1 is 1.36 bits per heavy atom. The average molecular weight is 191 g/mol. The predicted molar refractivity (Wildman–Crippen MR) is 58.3 cm³/mol. The molecule has 0 spiro atoms. The maximum atomic E-state index is 11.0. The van der Waals surface area contributed by atoms with Gasteiger partial charge in [-0.2, -0.15) is 0 Å². The number of amides is 1. The first-order valence-electron chi connectivity index (χ1n) is 5.08. The van der Waals surface area contributed by atoms with Gasteiger partial charge in [0.1, 0.15) is 0 Å². The summed E-state index contributed by atoms with van der Waals surface area (Å²) in [6.07, 6.45) is 2.19. The molecule has 2 nitrogen and oxygen atoms in total. The molecule has 14 heavy (non-hydrogen) atoms. The third-order valence-electron chi connectivity index (χ3n) is 2.63. The summed E-state index contributed by atoms with van der Waals surface area (Å²) in [4.78, 5) is 11.0. The predicted octanol–water partition coefficient (Wildman–Crippen LogP) is 2.69. The van der Waals surface area contributed by atoms with Crippen LogP contribution in [0.3, 0.4) is 0 Å². The fraction of sp³-hybridized carbons (Fsp3) is 0.417. The van der Waals surface area contributed by atoms with E-state index in [1.165, 1.54) is 5.56 Å². The first-order chi connectivity index (χ1) is 6.69. The fourth-order valence-corrected chi connectivity index (χ4v) is 1.71. The lowest BCUT2D eigenvalue weighted by atomic mass is 9.93. The molecule has 0 bridgehead atoms. The number of hydrogen-bond acceptors (Lipinski definition) is 1. The molecule has 0 fully saturated rings. The van der Waals surface area contributed by atoms with Crippen LogP contribution in [0.4, 0.5) is 0 Å². The van der Waals surface area contributed by atoms with Crippen LogP contribution in [0.1, 0.15) is 48.5 Å². The summed E-state index contributed by atoms with van der Waals surface area (Å²) in [5, 5.41) is 0. The van der Waals surface area contributed by atoms with Crippen molar-refractivity contribution < 1.29 is 4.79 Å². The number of rotatable bonds is 4. The Morgan fingerprint density at radius 2 is 2.00 bits per heavy atom. The van der Waals surface area contributed by atoms with E-state index in [1.807, 2.05) is 12.1 Å². The van der Waals surface area contributed by atoms with Crippen LogP contribution in [0.25, 0.3) is 0 Å². The van der Waals surface area contributed by atoms with Crippen LogP contribution >= 0.6 is 0 Å². The van der Waals surface area contributed by atoms with Crippen LogP contribution in [0.5, 0.6) is 0 Å².